The summed E-state index contributed by atoms with van der Waals surface area (Å²) in [6, 6.07) is 11.1. The van der Waals surface area contributed by atoms with Gasteiger partial charge in [0.05, 0.1) is 14.9 Å². The number of hydrogen-bond donors (Lipinski definition) is 1. The summed E-state index contributed by atoms with van der Waals surface area (Å²) in [5.74, 6) is 0. The molecule has 0 aliphatic heterocycles. The lowest BCUT2D eigenvalue weighted by atomic mass is 10.2. The lowest BCUT2D eigenvalue weighted by molar-refractivity contribution is 0.581. The van der Waals surface area contributed by atoms with Gasteiger partial charge in [-0.05, 0) is 29.8 Å². The molecule has 0 spiro atoms. The molecular formula is C13H10Cl3NO2S. The summed E-state index contributed by atoms with van der Waals surface area (Å²) < 4.78 is 26.7. The molecule has 2 aromatic carbocycles. The third-order valence-corrected chi connectivity index (χ3v) is 5.12. The molecular weight excluding hydrogens is 341 g/mol. The Morgan fingerprint density at radius 1 is 0.900 bits per heavy atom. The summed E-state index contributed by atoms with van der Waals surface area (Å²) in [4.78, 5) is 0.0546. The van der Waals surface area contributed by atoms with Gasteiger partial charge < -0.3 is 0 Å². The zero-order valence-corrected chi connectivity index (χ0v) is 13.2. The lowest BCUT2D eigenvalue weighted by Gasteiger charge is -2.08. The summed E-state index contributed by atoms with van der Waals surface area (Å²) in [5, 5.41) is 0.994. The third-order valence-electron chi connectivity index (χ3n) is 2.61. The average Bonchev–Trinajstić information content (AvgIpc) is 2.41. The SMILES string of the molecule is O=S(=O)(NCc1ccccc1Cl)c1ccc(Cl)c(Cl)c1. The molecule has 0 saturated heterocycles. The van der Waals surface area contributed by atoms with Gasteiger partial charge in [0.15, 0.2) is 0 Å². The second kappa shape index (κ2) is 6.33. The number of nitrogens with one attached hydrogen (secondary N) is 1. The molecule has 0 fully saturated rings. The van der Waals surface area contributed by atoms with Crippen LogP contribution in [0.1, 0.15) is 5.56 Å². The zero-order valence-electron chi connectivity index (χ0n) is 10.1. The van der Waals surface area contributed by atoms with Crippen LogP contribution in [0.15, 0.2) is 47.4 Å². The zero-order chi connectivity index (χ0) is 14.8. The summed E-state index contributed by atoms with van der Waals surface area (Å²) in [7, 11) is -3.67. The monoisotopic (exact) mass is 349 g/mol. The molecule has 0 atom stereocenters. The maximum atomic E-state index is 12.1. The van der Waals surface area contributed by atoms with Crippen molar-refractivity contribution >= 4 is 44.8 Å². The number of rotatable bonds is 4. The van der Waals surface area contributed by atoms with E-state index in [1.165, 1.54) is 18.2 Å². The predicted octanol–water partition coefficient (Wildman–Crippen LogP) is 4.13. The van der Waals surface area contributed by atoms with Crippen molar-refractivity contribution in [2.24, 2.45) is 0 Å². The van der Waals surface area contributed by atoms with Crippen LogP contribution >= 0.6 is 34.8 Å². The van der Waals surface area contributed by atoms with E-state index in [0.29, 0.717) is 15.6 Å². The van der Waals surface area contributed by atoms with Crippen molar-refractivity contribution < 1.29 is 8.42 Å². The Kier molecular flexibility index (Phi) is 4.94. The summed E-state index contributed by atoms with van der Waals surface area (Å²) in [6.07, 6.45) is 0. The molecule has 0 aliphatic rings. The molecule has 2 aromatic rings. The van der Waals surface area contributed by atoms with E-state index >= 15 is 0 Å². The quantitative estimate of drug-likeness (QED) is 0.901. The van der Waals surface area contributed by atoms with Crippen molar-refractivity contribution in [1.29, 1.82) is 0 Å². The van der Waals surface area contributed by atoms with Gasteiger partial charge in [-0.3, -0.25) is 0 Å². The van der Waals surface area contributed by atoms with E-state index in [1.54, 1.807) is 24.3 Å². The molecule has 0 radical (unpaired) electrons. The van der Waals surface area contributed by atoms with E-state index in [1.807, 2.05) is 0 Å². The first-order valence-corrected chi connectivity index (χ1v) is 8.20. The van der Waals surface area contributed by atoms with Gasteiger partial charge in [-0.25, -0.2) is 13.1 Å². The van der Waals surface area contributed by atoms with Crippen LogP contribution in [0.2, 0.25) is 15.1 Å². The third kappa shape index (κ3) is 3.65. The minimum Gasteiger partial charge on any atom is -0.207 e. The highest BCUT2D eigenvalue weighted by Gasteiger charge is 2.15. The fourth-order valence-electron chi connectivity index (χ4n) is 1.54. The van der Waals surface area contributed by atoms with Gasteiger partial charge in [0.1, 0.15) is 0 Å². The molecule has 0 bridgehead atoms. The van der Waals surface area contributed by atoms with Crippen molar-refractivity contribution in [2.45, 2.75) is 11.4 Å². The van der Waals surface area contributed by atoms with Crippen LogP contribution in [-0.2, 0) is 16.6 Å². The highest BCUT2D eigenvalue weighted by Crippen LogP contribution is 2.25. The molecule has 2 rings (SSSR count). The highest BCUT2D eigenvalue weighted by atomic mass is 35.5. The van der Waals surface area contributed by atoms with Crippen LogP contribution < -0.4 is 4.72 Å². The second-order valence-corrected chi connectivity index (χ2v) is 6.98. The first-order chi connectivity index (χ1) is 9.40. The van der Waals surface area contributed by atoms with Crippen LogP contribution in [0.3, 0.4) is 0 Å². The van der Waals surface area contributed by atoms with Crippen molar-refractivity contribution in [3.8, 4) is 0 Å². The van der Waals surface area contributed by atoms with E-state index in [9.17, 15) is 8.42 Å². The van der Waals surface area contributed by atoms with Crippen LogP contribution in [-0.4, -0.2) is 8.42 Å². The van der Waals surface area contributed by atoms with Gasteiger partial charge in [-0.2, -0.15) is 0 Å². The van der Waals surface area contributed by atoms with Crippen LogP contribution in [0.4, 0.5) is 0 Å². The fraction of sp³-hybridized carbons (Fsp3) is 0.0769. The molecule has 0 saturated carbocycles. The molecule has 20 heavy (non-hydrogen) atoms. The maximum Gasteiger partial charge on any atom is 0.240 e. The smallest absolute Gasteiger partial charge is 0.207 e. The van der Waals surface area contributed by atoms with Crippen LogP contribution in [0, 0.1) is 0 Å². The topological polar surface area (TPSA) is 46.2 Å². The number of hydrogen-bond acceptors (Lipinski definition) is 2. The lowest BCUT2D eigenvalue weighted by Crippen LogP contribution is -2.23. The molecule has 0 unspecified atom stereocenters. The van der Waals surface area contributed by atoms with Crippen molar-refractivity contribution in [2.75, 3.05) is 0 Å². The predicted molar refractivity (Wildman–Crippen MR) is 81.9 cm³/mol. The number of halogens is 3. The van der Waals surface area contributed by atoms with Crippen LogP contribution in [0.5, 0.6) is 0 Å². The van der Waals surface area contributed by atoms with Gasteiger partial charge in [0.25, 0.3) is 0 Å². The van der Waals surface area contributed by atoms with Gasteiger partial charge in [0.2, 0.25) is 10.0 Å². The minimum atomic E-state index is -3.67. The Labute approximate surface area is 132 Å². The molecule has 0 heterocycles. The van der Waals surface area contributed by atoms with Crippen molar-refractivity contribution in [3.05, 3.63) is 63.1 Å². The van der Waals surface area contributed by atoms with E-state index in [2.05, 4.69) is 4.72 Å². The van der Waals surface area contributed by atoms with E-state index in [0.717, 1.165) is 0 Å². The Hall–Kier alpha value is -0.780. The first-order valence-electron chi connectivity index (χ1n) is 5.58. The van der Waals surface area contributed by atoms with Gasteiger partial charge in [-0.15, -0.1) is 0 Å². The molecule has 3 nitrogen and oxygen atoms in total. The van der Waals surface area contributed by atoms with Crippen molar-refractivity contribution in [3.63, 3.8) is 0 Å². The average molecular weight is 351 g/mol. The van der Waals surface area contributed by atoms with Gasteiger partial charge in [-0.1, -0.05) is 53.0 Å². The maximum absolute atomic E-state index is 12.1. The summed E-state index contributed by atoms with van der Waals surface area (Å²) in [6.45, 7) is 0.0995. The summed E-state index contributed by atoms with van der Waals surface area (Å²) >= 11 is 17.5. The summed E-state index contributed by atoms with van der Waals surface area (Å²) in [5.41, 5.74) is 0.692. The molecule has 0 aromatic heterocycles. The molecule has 0 aliphatic carbocycles. The first kappa shape index (κ1) is 15.6. The van der Waals surface area contributed by atoms with E-state index in [-0.39, 0.29) is 16.5 Å². The number of sulfonamides is 1. The minimum absolute atomic E-state index is 0.0546. The molecule has 1 N–H and O–H groups in total. The fourth-order valence-corrected chi connectivity index (χ4v) is 3.14. The highest BCUT2D eigenvalue weighted by molar-refractivity contribution is 7.89. The Bertz CT molecular complexity index is 732. The van der Waals surface area contributed by atoms with E-state index in [4.69, 9.17) is 34.8 Å². The Morgan fingerprint density at radius 2 is 1.60 bits per heavy atom. The van der Waals surface area contributed by atoms with Crippen molar-refractivity contribution in [1.82, 2.24) is 4.72 Å². The molecule has 7 heteroatoms. The normalized spacial score (nSPS) is 11.6. The van der Waals surface area contributed by atoms with Crippen LogP contribution in [0.25, 0.3) is 0 Å². The largest absolute Gasteiger partial charge is 0.240 e. The second-order valence-electron chi connectivity index (χ2n) is 3.99. The molecule has 106 valence electrons. The standard InChI is InChI=1S/C13H10Cl3NO2S/c14-11-4-2-1-3-9(11)8-17-20(18,19)10-5-6-12(15)13(16)7-10/h1-7,17H,8H2. The number of benzene rings is 2. The van der Waals surface area contributed by atoms with Gasteiger partial charge >= 0.3 is 0 Å². The van der Waals surface area contributed by atoms with E-state index < -0.39 is 10.0 Å². The van der Waals surface area contributed by atoms with Gasteiger partial charge in [0, 0.05) is 11.6 Å². The molecule has 0 amide bonds. The Balaban J connectivity index is 2.19. The Morgan fingerprint density at radius 3 is 2.25 bits per heavy atom.